The largest absolute Gasteiger partial charge is 0.480 e. The molecule has 2 aromatic heterocycles. The Morgan fingerprint density at radius 1 is 1.56 bits per heavy atom. The lowest BCUT2D eigenvalue weighted by atomic mass is 10.5. The SMILES string of the molecule is O=C(O)Cn1cc(CNc2nncs2)nn1. The molecule has 0 spiro atoms. The van der Waals surface area contributed by atoms with E-state index in [1.165, 1.54) is 16.0 Å². The lowest BCUT2D eigenvalue weighted by molar-refractivity contribution is -0.137. The number of carboxylic acids is 1. The van der Waals surface area contributed by atoms with E-state index in [0.717, 1.165) is 0 Å². The van der Waals surface area contributed by atoms with Gasteiger partial charge >= 0.3 is 5.97 Å². The minimum Gasteiger partial charge on any atom is -0.480 e. The number of rotatable bonds is 5. The van der Waals surface area contributed by atoms with E-state index >= 15 is 0 Å². The highest BCUT2D eigenvalue weighted by molar-refractivity contribution is 7.13. The Balaban J connectivity index is 1.90. The molecule has 16 heavy (non-hydrogen) atoms. The minimum atomic E-state index is -0.950. The number of carboxylic acid groups (broad SMARTS) is 1. The summed E-state index contributed by atoms with van der Waals surface area (Å²) >= 11 is 1.38. The molecule has 0 bridgehead atoms. The molecule has 2 rings (SSSR count). The summed E-state index contributed by atoms with van der Waals surface area (Å²) in [6.45, 7) is 0.251. The van der Waals surface area contributed by atoms with Gasteiger partial charge in [0, 0.05) is 0 Å². The lowest BCUT2D eigenvalue weighted by Crippen LogP contribution is -2.09. The summed E-state index contributed by atoms with van der Waals surface area (Å²) < 4.78 is 1.26. The molecule has 9 heteroatoms. The van der Waals surface area contributed by atoms with E-state index in [9.17, 15) is 4.79 Å². The fourth-order valence-electron chi connectivity index (χ4n) is 1.05. The Labute approximate surface area is 93.9 Å². The van der Waals surface area contributed by atoms with Crippen molar-refractivity contribution in [3.63, 3.8) is 0 Å². The quantitative estimate of drug-likeness (QED) is 0.747. The Morgan fingerprint density at radius 3 is 3.12 bits per heavy atom. The van der Waals surface area contributed by atoms with E-state index in [1.807, 2.05) is 0 Å². The molecule has 0 amide bonds. The first-order valence-corrected chi connectivity index (χ1v) is 5.23. The number of nitrogens with one attached hydrogen (secondary N) is 1. The van der Waals surface area contributed by atoms with Crippen molar-refractivity contribution < 1.29 is 9.90 Å². The Bertz CT molecular complexity index is 467. The van der Waals surface area contributed by atoms with Crippen LogP contribution in [0.25, 0.3) is 0 Å². The molecule has 0 saturated carbocycles. The predicted octanol–water partition coefficient (Wildman–Crippen LogP) is -0.174. The molecule has 8 nitrogen and oxygen atoms in total. The van der Waals surface area contributed by atoms with Gasteiger partial charge in [-0.3, -0.25) is 4.79 Å². The molecule has 0 radical (unpaired) electrons. The molecule has 0 fully saturated rings. The number of nitrogens with zero attached hydrogens (tertiary/aromatic N) is 5. The predicted molar refractivity (Wildman–Crippen MR) is 54.9 cm³/mol. The van der Waals surface area contributed by atoms with Crippen LogP contribution in [0.2, 0.25) is 0 Å². The lowest BCUT2D eigenvalue weighted by Gasteiger charge is -1.96. The van der Waals surface area contributed by atoms with Crippen molar-refractivity contribution >= 4 is 22.4 Å². The van der Waals surface area contributed by atoms with Crippen molar-refractivity contribution in [2.75, 3.05) is 5.32 Å². The summed E-state index contributed by atoms with van der Waals surface area (Å²) in [7, 11) is 0. The molecule has 0 aliphatic carbocycles. The summed E-state index contributed by atoms with van der Waals surface area (Å²) in [6, 6.07) is 0. The third-order valence-corrected chi connectivity index (χ3v) is 2.31. The number of aromatic nitrogens is 5. The van der Waals surface area contributed by atoms with E-state index in [2.05, 4.69) is 25.8 Å². The van der Waals surface area contributed by atoms with Gasteiger partial charge in [-0.15, -0.1) is 15.3 Å². The number of hydrogen-bond donors (Lipinski definition) is 2. The summed E-state index contributed by atoms with van der Waals surface area (Å²) in [5.74, 6) is -0.950. The summed E-state index contributed by atoms with van der Waals surface area (Å²) in [5, 5.41) is 27.2. The van der Waals surface area contributed by atoms with Crippen molar-refractivity contribution in [3.05, 3.63) is 17.4 Å². The third-order valence-electron chi connectivity index (χ3n) is 1.66. The second kappa shape index (κ2) is 4.66. The number of carbonyl (C=O) groups is 1. The van der Waals surface area contributed by atoms with Gasteiger partial charge in [-0.1, -0.05) is 16.6 Å². The monoisotopic (exact) mass is 240 g/mol. The highest BCUT2D eigenvalue weighted by atomic mass is 32.1. The summed E-state index contributed by atoms with van der Waals surface area (Å²) in [6.07, 6.45) is 1.57. The van der Waals surface area contributed by atoms with Gasteiger partial charge in [0.1, 0.15) is 17.7 Å². The number of aliphatic carboxylic acids is 1. The Kier molecular flexibility index (Phi) is 3.05. The van der Waals surface area contributed by atoms with Crippen molar-refractivity contribution in [2.24, 2.45) is 0 Å². The fourth-order valence-corrected chi connectivity index (χ4v) is 1.50. The van der Waals surface area contributed by atoms with Crippen LogP contribution in [-0.2, 0) is 17.9 Å². The smallest absolute Gasteiger partial charge is 0.325 e. The Hall–Kier alpha value is -2.03. The van der Waals surface area contributed by atoms with Crippen LogP contribution in [0.1, 0.15) is 5.69 Å². The highest BCUT2D eigenvalue weighted by Gasteiger charge is 2.04. The zero-order valence-corrected chi connectivity index (χ0v) is 8.89. The molecule has 84 valence electrons. The zero-order chi connectivity index (χ0) is 11.4. The standard InChI is InChI=1S/C7H8N6O2S/c14-6(15)3-13-2-5(10-12-13)1-8-7-11-9-4-16-7/h2,4H,1,3H2,(H,8,11)(H,14,15). The van der Waals surface area contributed by atoms with Crippen molar-refractivity contribution in [1.29, 1.82) is 0 Å². The van der Waals surface area contributed by atoms with Crippen LogP contribution in [-0.4, -0.2) is 36.3 Å². The van der Waals surface area contributed by atoms with Gasteiger partial charge in [-0.25, -0.2) is 4.68 Å². The van der Waals surface area contributed by atoms with E-state index in [-0.39, 0.29) is 6.54 Å². The highest BCUT2D eigenvalue weighted by Crippen LogP contribution is 2.08. The van der Waals surface area contributed by atoms with Gasteiger partial charge in [-0.2, -0.15) is 0 Å². The zero-order valence-electron chi connectivity index (χ0n) is 8.07. The summed E-state index contributed by atoms with van der Waals surface area (Å²) in [5.41, 5.74) is 2.26. The molecule has 0 aliphatic rings. The second-order valence-corrected chi connectivity index (χ2v) is 3.73. The van der Waals surface area contributed by atoms with Crippen LogP contribution < -0.4 is 5.32 Å². The van der Waals surface area contributed by atoms with Gasteiger partial charge < -0.3 is 10.4 Å². The van der Waals surface area contributed by atoms with E-state index < -0.39 is 5.97 Å². The van der Waals surface area contributed by atoms with Crippen molar-refractivity contribution in [2.45, 2.75) is 13.1 Å². The number of anilines is 1. The average Bonchev–Trinajstić information content (AvgIpc) is 2.84. The first kappa shape index (κ1) is 10.5. The van der Waals surface area contributed by atoms with Crippen LogP contribution in [0.15, 0.2) is 11.7 Å². The van der Waals surface area contributed by atoms with E-state index in [4.69, 9.17) is 5.11 Å². The molecular formula is C7H8N6O2S. The molecular weight excluding hydrogens is 232 g/mol. The van der Waals surface area contributed by atoms with Crippen LogP contribution in [0.5, 0.6) is 0 Å². The van der Waals surface area contributed by atoms with Gasteiger partial charge in [0.05, 0.1) is 12.7 Å². The molecule has 0 unspecified atom stereocenters. The maximum absolute atomic E-state index is 10.4. The van der Waals surface area contributed by atoms with E-state index in [0.29, 0.717) is 17.4 Å². The maximum atomic E-state index is 10.4. The second-order valence-electron chi connectivity index (χ2n) is 2.90. The molecule has 0 saturated heterocycles. The molecule has 2 aromatic rings. The first-order chi connectivity index (χ1) is 7.74. The van der Waals surface area contributed by atoms with Crippen LogP contribution in [0, 0.1) is 0 Å². The third kappa shape index (κ3) is 2.73. The molecule has 2 N–H and O–H groups in total. The van der Waals surface area contributed by atoms with Gasteiger partial charge in [0.15, 0.2) is 0 Å². The van der Waals surface area contributed by atoms with Crippen molar-refractivity contribution in [3.8, 4) is 0 Å². The maximum Gasteiger partial charge on any atom is 0.325 e. The topological polar surface area (TPSA) is 106 Å². The normalized spacial score (nSPS) is 10.2. The van der Waals surface area contributed by atoms with Crippen LogP contribution in [0.4, 0.5) is 5.13 Å². The number of hydrogen-bond acceptors (Lipinski definition) is 7. The molecule has 0 aliphatic heterocycles. The van der Waals surface area contributed by atoms with Crippen LogP contribution >= 0.6 is 11.3 Å². The van der Waals surface area contributed by atoms with Crippen LogP contribution in [0.3, 0.4) is 0 Å². The minimum absolute atomic E-state index is 0.189. The molecule has 0 aromatic carbocycles. The fraction of sp³-hybridized carbons (Fsp3) is 0.286. The summed E-state index contributed by atoms with van der Waals surface area (Å²) in [4.78, 5) is 10.4. The molecule has 2 heterocycles. The van der Waals surface area contributed by atoms with Gasteiger partial charge in [0.25, 0.3) is 0 Å². The van der Waals surface area contributed by atoms with E-state index in [1.54, 1.807) is 11.7 Å². The first-order valence-electron chi connectivity index (χ1n) is 4.35. The van der Waals surface area contributed by atoms with Gasteiger partial charge in [0.2, 0.25) is 5.13 Å². The Morgan fingerprint density at radius 2 is 2.44 bits per heavy atom. The van der Waals surface area contributed by atoms with Gasteiger partial charge in [-0.05, 0) is 0 Å². The molecule has 0 atom stereocenters. The van der Waals surface area contributed by atoms with Crippen molar-refractivity contribution in [1.82, 2.24) is 25.2 Å². The average molecular weight is 240 g/mol.